The summed E-state index contributed by atoms with van der Waals surface area (Å²) in [7, 11) is 3.20. The monoisotopic (exact) mass is 1210 g/mol. The highest BCUT2D eigenvalue weighted by atomic mass is 127. The van der Waals surface area contributed by atoms with Crippen molar-refractivity contribution in [2.75, 3.05) is 52.0 Å². The molecule has 0 radical (unpaired) electrons. The summed E-state index contributed by atoms with van der Waals surface area (Å²) in [5.74, 6) is 0.893. The van der Waals surface area contributed by atoms with E-state index in [9.17, 15) is 14.7 Å². The first-order valence-electron chi connectivity index (χ1n) is 27.6. The maximum atomic E-state index is 16.1. The predicted octanol–water partition coefficient (Wildman–Crippen LogP) is 8.78. The Morgan fingerprint density at radius 1 is 0.975 bits per heavy atom. The number of aromatic nitrogens is 8. The van der Waals surface area contributed by atoms with Crippen LogP contribution in [0.1, 0.15) is 86.2 Å². The number of fused-ring (bicyclic) bond motifs is 4. The van der Waals surface area contributed by atoms with E-state index in [1.807, 2.05) is 74.5 Å². The number of aliphatic hydroxyl groups excluding tert-OH is 1. The molecule has 4 aromatic carbocycles. The van der Waals surface area contributed by atoms with Crippen molar-refractivity contribution >= 4 is 62.0 Å². The van der Waals surface area contributed by atoms with Gasteiger partial charge in [0, 0.05) is 78.1 Å². The van der Waals surface area contributed by atoms with Gasteiger partial charge in [-0.1, -0.05) is 67.6 Å². The van der Waals surface area contributed by atoms with Crippen molar-refractivity contribution in [1.82, 2.24) is 55.7 Å². The molecule has 12 rings (SSSR count). The number of methoxy groups -OCH3 is 2. The molecule has 19 nitrogen and oxygen atoms in total. The van der Waals surface area contributed by atoms with Crippen molar-refractivity contribution in [3.63, 3.8) is 0 Å². The number of halogens is 2. The number of piperazine rings is 1. The molecule has 4 N–H and O–H groups in total. The Morgan fingerprint density at radius 2 is 1.78 bits per heavy atom. The topological polar surface area (TPSA) is 220 Å². The van der Waals surface area contributed by atoms with Crippen LogP contribution in [0.15, 0.2) is 91.4 Å². The smallest absolute Gasteiger partial charge is 0.319 e. The first kappa shape index (κ1) is 54.3. The van der Waals surface area contributed by atoms with E-state index in [0.29, 0.717) is 64.9 Å². The van der Waals surface area contributed by atoms with Crippen molar-refractivity contribution in [2.24, 2.45) is 5.92 Å². The molecule has 3 saturated heterocycles. The zero-order valence-corrected chi connectivity index (χ0v) is 47.9. The summed E-state index contributed by atoms with van der Waals surface area (Å²) in [4.78, 5) is 47.2. The molecule has 7 heterocycles. The fourth-order valence-electron chi connectivity index (χ4n) is 12.0. The van der Waals surface area contributed by atoms with Crippen molar-refractivity contribution in [1.29, 1.82) is 0 Å². The quantitative estimate of drug-likeness (QED) is 0.0414. The van der Waals surface area contributed by atoms with Gasteiger partial charge >= 0.3 is 6.01 Å². The number of anilines is 1. The van der Waals surface area contributed by atoms with Crippen LogP contribution in [-0.4, -0.2) is 131 Å². The van der Waals surface area contributed by atoms with Gasteiger partial charge in [-0.15, -0.1) is 5.10 Å². The van der Waals surface area contributed by atoms with Crippen LogP contribution < -0.4 is 29.7 Å². The Bertz CT molecular complexity index is 3630. The van der Waals surface area contributed by atoms with Crippen LogP contribution in [0.5, 0.6) is 17.6 Å². The number of nitrogens with zero attached hydrogens (tertiary/aromatic N) is 9. The Hall–Kier alpha value is -7.34. The second-order valence-corrected chi connectivity index (χ2v) is 23.2. The van der Waals surface area contributed by atoms with Crippen LogP contribution >= 0.6 is 22.6 Å². The Kier molecular flexibility index (Phi) is 15.3. The number of hydrogen-bond donors (Lipinski definition) is 4. The van der Waals surface area contributed by atoms with Crippen LogP contribution in [0, 0.1) is 18.7 Å². The van der Waals surface area contributed by atoms with Crippen LogP contribution in [0.2, 0.25) is 0 Å². The number of benzene rings is 4. The third kappa shape index (κ3) is 10.6. The maximum absolute atomic E-state index is 16.1. The lowest BCUT2D eigenvalue weighted by molar-refractivity contribution is -0.142. The lowest BCUT2D eigenvalue weighted by Crippen LogP contribution is -2.50. The number of hydrogen-bond acceptors (Lipinski definition) is 15. The third-order valence-corrected chi connectivity index (χ3v) is 17.2. The van der Waals surface area contributed by atoms with Crippen molar-refractivity contribution < 1.29 is 38.0 Å². The normalized spacial score (nSPS) is 19.0. The second kappa shape index (κ2) is 22.9. The van der Waals surface area contributed by atoms with Gasteiger partial charge in [0.05, 0.1) is 37.7 Å². The molecule has 8 aromatic rings. The summed E-state index contributed by atoms with van der Waals surface area (Å²) in [6.07, 6.45) is 9.29. The molecule has 81 heavy (non-hydrogen) atoms. The Labute approximate surface area is 481 Å². The van der Waals surface area contributed by atoms with E-state index >= 15 is 4.39 Å². The van der Waals surface area contributed by atoms with Crippen LogP contribution in [0.3, 0.4) is 0 Å². The molecule has 4 aromatic heterocycles. The number of aliphatic hydroxyl groups is 1. The number of H-pyrrole nitrogens is 1. The van der Waals surface area contributed by atoms with E-state index < -0.39 is 18.1 Å². The molecule has 2 amide bonds. The number of pyridine rings is 1. The lowest BCUT2D eigenvalue weighted by Gasteiger charge is -2.30. The minimum absolute atomic E-state index is 0.140. The number of aromatic amines is 1. The van der Waals surface area contributed by atoms with E-state index in [4.69, 9.17) is 28.9 Å². The average molecular weight is 1210 g/mol. The molecule has 4 fully saturated rings. The van der Waals surface area contributed by atoms with Gasteiger partial charge in [-0.25, -0.2) is 14.1 Å². The van der Waals surface area contributed by atoms with E-state index in [2.05, 4.69) is 69.7 Å². The zero-order chi connectivity index (χ0) is 56.1. The van der Waals surface area contributed by atoms with E-state index in [1.165, 1.54) is 6.07 Å². The number of carbonyl (C=O) groups excluding carboxylic acids is 2. The molecular weight excluding hydrogens is 1150 g/mol. The molecule has 6 atom stereocenters. The number of likely N-dealkylation sites (tertiary alicyclic amines) is 1. The van der Waals surface area contributed by atoms with Crippen LogP contribution in [0.25, 0.3) is 55.3 Å². The minimum atomic E-state index is -0.742. The summed E-state index contributed by atoms with van der Waals surface area (Å²) in [5, 5.41) is 35.2. The highest BCUT2D eigenvalue weighted by Crippen LogP contribution is 2.53. The van der Waals surface area contributed by atoms with E-state index in [0.717, 1.165) is 87.9 Å². The van der Waals surface area contributed by atoms with Crippen LogP contribution in [-0.2, 0) is 20.9 Å². The zero-order valence-electron chi connectivity index (χ0n) is 45.7. The van der Waals surface area contributed by atoms with Crippen molar-refractivity contribution in [2.45, 2.75) is 99.7 Å². The number of carbonyl (C=O) groups is 2. The maximum Gasteiger partial charge on any atom is 0.319 e. The summed E-state index contributed by atoms with van der Waals surface area (Å²) in [5.41, 5.74) is 8.78. The number of ether oxygens (including phenoxy) is 4. The van der Waals surface area contributed by atoms with Gasteiger partial charge in [0.25, 0.3) is 0 Å². The summed E-state index contributed by atoms with van der Waals surface area (Å²) < 4.78 is 41.9. The van der Waals surface area contributed by atoms with Gasteiger partial charge in [0.15, 0.2) is 5.75 Å². The van der Waals surface area contributed by atoms with Crippen LogP contribution in [0.4, 0.5) is 10.2 Å². The molecule has 1 unspecified atom stereocenters. The Balaban J connectivity index is 0.810. The predicted molar refractivity (Wildman–Crippen MR) is 312 cm³/mol. The number of nitrogens with one attached hydrogen (secondary N) is 3. The second-order valence-electron chi connectivity index (χ2n) is 21.8. The van der Waals surface area contributed by atoms with Gasteiger partial charge in [0.2, 0.25) is 17.7 Å². The van der Waals surface area contributed by atoms with Gasteiger partial charge in [-0.05, 0) is 126 Å². The molecule has 2 bridgehead atoms. The first-order chi connectivity index (χ1) is 39.4. The lowest BCUT2D eigenvalue weighted by atomic mass is 9.88. The molecule has 0 spiro atoms. The Morgan fingerprint density at radius 3 is 2.49 bits per heavy atom. The fourth-order valence-corrected chi connectivity index (χ4v) is 12.1. The number of amides is 2. The molecule has 1 saturated carbocycles. The van der Waals surface area contributed by atoms with Crippen molar-refractivity contribution in [3.8, 4) is 51.2 Å². The summed E-state index contributed by atoms with van der Waals surface area (Å²) in [6, 6.07) is 21.5. The summed E-state index contributed by atoms with van der Waals surface area (Å²) in [6.45, 7) is 7.79. The van der Waals surface area contributed by atoms with E-state index in [-0.39, 0.29) is 65.5 Å². The third-order valence-electron chi connectivity index (χ3n) is 16.3. The highest BCUT2D eigenvalue weighted by molar-refractivity contribution is 14.1. The highest BCUT2D eigenvalue weighted by Gasteiger charge is 2.42. The molecule has 420 valence electrons. The molecular formula is C60H64FIN12O7. The number of alkyl halides is 1. The fraction of sp³-hybridized carbons (Fsp3) is 0.400. The SMILES string of the molecule is COc1ncccc1-c1ccc([C@H](CO)NC(=O)C2CCCN2C(=O)[C@H](C(C)C)n2cc(-c3ccc(COc4c(-c5c(C)c(F)cc6[nH]ncc56)c(C5CC5)cc5c(N6C[C@@H]7C[C@H]6CN7)nc(OC[C@H](I)OC)nc45)cc3)nn2)cc1. The van der Waals surface area contributed by atoms with Gasteiger partial charge in [-0.3, -0.25) is 14.7 Å². The standard InChI is InChI=1S/C60H64FIN12O7/c1-32(2)54(59(77)72-21-7-9-49(72)57(76)66-48(29-75)38-18-16-35(17-19-38)41-8-6-20-63-58(41)79-5)74-28-47(70-71-74)37-12-10-34(11-13-37)30-80-55-52(51-33(3)45(61)24-46-44(51)26-65-69-46)42(36-14-15-36)23-43-53(55)67-60(81-31-50(62)78-4)68-56(43)73-27-39-22-40(73)25-64-39/h6,8,10-13,16-20,23-24,26,28,32,36,39-40,48-50,54,64,75H,7,9,14-15,21-22,25,27,29-31H2,1-5H3,(H,65,69)(H,66,76)/t39-,40-,48-,49?,50+,54-/m0/s1. The van der Waals surface area contributed by atoms with Gasteiger partial charge in [0.1, 0.15) is 52.3 Å². The van der Waals surface area contributed by atoms with E-state index in [1.54, 1.807) is 49.3 Å². The van der Waals surface area contributed by atoms with Gasteiger partial charge in [-0.2, -0.15) is 15.1 Å². The molecule has 1 aliphatic carbocycles. The largest absolute Gasteiger partial charge is 0.486 e. The molecule has 21 heteroatoms. The first-order valence-corrected chi connectivity index (χ1v) is 28.9. The summed E-state index contributed by atoms with van der Waals surface area (Å²) >= 11 is 2.18. The average Bonchev–Trinajstić information content (AvgIpc) is 3.91. The minimum Gasteiger partial charge on any atom is -0.486 e. The molecule has 3 aliphatic heterocycles. The molecule has 4 aliphatic rings. The number of rotatable bonds is 20. The van der Waals surface area contributed by atoms with Crippen molar-refractivity contribution in [3.05, 3.63) is 119 Å². The van der Waals surface area contributed by atoms with Gasteiger partial charge < -0.3 is 44.5 Å².